The maximum absolute atomic E-state index is 13.1. The van der Waals surface area contributed by atoms with Crippen molar-refractivity contribution in [2.24, 2.45) is 0 Å². The van der Waals surface area contributed by atoms with Crippen LogP contribution >= 0.6 is 23.4 Å². The molecule has 3 nitrogen and oxygen atoms in total. The zero-order valence-electron chi connectivity index (χ0n) is 14.7. The summed E-state index contributed by atoms with van der Waals surface area (Å²) in [6, 6.07) is 14.1. The summed E-state index contributed by atoms with van der Waals surface area (Å²) in [6.07, 6.45) is 0.782. The van der Waals surface area contributed by atoms with Gasteiger partial charge in [0, 0.05) is 41.8 Å². The summed E-state index contributed by atoms with van der Waals surface area (Å²) >= 11 is 7.52. The van der Waals surface area contributed by atoms with Crippen molar-refractivity contribution in [1.82, 2.24) is 4.90 Å². The summed E-state index contributed by atoms with van der Waals surface area (Å²) in [6.45, 7) is 4.95. The van der Waals surface area contributed by atoms with Gasteiger partial charge in [0.25, 0.3) is 0 Å². The van der Waals surface area contributed by atoms with Crippen LogP contribution in [0.4, 0.5) is 10.1 Å². The Morgan fingerprint density at radius 3 is 2.27 bits per heavy atom. The molecular weight excluding hydrogens is 371 g/mol. The molecule has 0 saturated carbocycles. The molecule has 1 aliphatic heterocycles. The molecule has 0 bridgehead atoms. The van der Waals surface area contributed by atoms with Crippen LogP contribution in [0.25, 0.3) is 0 Å². The number of thioether (sulfide) groups is 1. The number of amides is 1. The number of carbonyl (C=O) groups excluding carboxylic acids is 1. The number of piperazine rings is 1. The highest BCUT2D eigenvalue weighted by Gasteiger charge is 2.27. The third-order valence-corrected chi connectivity index (χ3v) is 6.14. The zero-order valence-corrected chi connectivity index (χ0v) is 16.3. The number of carbonyl (C=O) groups is 1. The van der Waals surface area contributed by atoms with Gasteiger partial charge in [0.15, 0.2) is 0 Å². The van der Waals surface area contributed by atoms with Gasteiger partial charge in [-0.05, 0) is 55.0 Å². The fraction of sp³-hybridized carbons (Fsp3) is 0.350. The minimum Gasteiger partial charge on any atom is -0.368 e. The van der Waals surface area contributed by atoms with Gasteiger partial charge in [0.05, 0.1) is 5.25 Å². The lowest BCUT2D eigenvalue weighted by Crippen LogP contribution is -2.51. The van der Waals surface area contributed by atoms with E-state index in [0.717, 1.165) is 30.1 Å². The Hall–Kier alpha value is -1.72. The Labute approximate surface area is 163 Å². The topological polar surface area (TPSA) is 23.6 Å². The minimum atomic E-state index is -0.229. The van der Waals surface area contributed by atoms with Crippen molar-refractivity contribution in [2.45, 2.75) is 23.5 Å². The van der Waals surface area contributed by atoms with Crippen molar-refractivity contribution in [3.63, 3.8) is 0 Å². The first-order chi connectivity index (χ1) is 12.6. The largest absolute Gasteiger partial charge is 0.368 e. The second-order valence-corrected chi connectivity index (χ2v) is 7.97. The molecule has 1 atom stereocenters. The van der Waals surface area contributed by atoms with E-state index in [1.807, 2.05) is 36.1 Å². The number of benzene rings is 2. The zero-order chi connectivity index (χ0) is 18.5. The number of nitrogens with zero attached hydrogens (tertiary/aromatic N) is 2. The Bertz CT molecular complexity index is 730. The van der Waals surface area contributed by atoms with Gasteiger partial charge >= 0.3 is 0 Å². The number of halogens is 2. The molecule has 1 amide bonds. The van der Waals surface area contributed by atoms with E-state index in [-0.39, 0.29) is 17.0 Å². The summed E-state index contributed by atoms with van der Waals surface area (Å²) in [7, 11) is 0. The van der Waals surface area contributed by atoms with E-state index in [2.05, 4.69) is 4.90 Å². The van der Waals surface area contributed by atoms with Crippen LogP contribution in [0.3, 0.4) is 0 Å². The van der Waals surface area contributed by atoms with Crippen molar-refractivity contribution in [2.75, 3.05) is 31.1 Å². The molecule has 1 saturated heterocycles. The predicted molar refractivity (Wildman–Crippen MR) is 107 cm³/mol. The van der Waals surface area contributed by atoms with Crippen LogP contribution in [0, 0.1) is 5.82 Å². The van der Waals surface area contributed by atoms with Crippen LogP contribution in [0.15, 0.2) is 53.4 Å². The number of hydrogen-bond donors (Lipinski definition) is 0. The lowest BCUT2D eigenvalue weighted by atomic mass is 10.2. The van der Waals surface area contributed by atoms with Gasteiger partial charge in [-0.1, -0.05) is 18.5 Å². The molecule has 2 aromatic rings. The Kier molecular flexibility index (Phi) is 6.43. The third kappa shape index (κ3) is 4.71. The van der Waals surface area contributed by atoms with E-state index in [0.29, 0.717) is 18.1 Å². The highest BCUT2D eigenvalue weighted by Crippen LogP contribution is 2.28. The molecule has 2 aromatic carbocycles. The summed E-state index contributed by atoms with van der Waals surface area (Å²) in [5, 5.41) is 0.610. The van der Waals surface area contributed by atoms with E-state index >= 15 is 0 Å². The standard InChI is InChI=1S/C20H22ClFN2OS/c1-2-19(26-18-9-3-15(21)4-10-18)20(25)24-13-11-23(12-14-24)17-7-5-16(22)6-8-17/h3-10,19H,2,11-14H2,1H3/t19-/m1/s1. The lowest BCUT2D eigenvalue weighted by Gasteiger charge is -2.37. The van der Waals surface area contributed by atoms with Crippen LogP contribution in [0.5, 0.6) is 0 Å². The molecule has 1 aliphatic rings. The first kappa shape index (κ1) is 19.1. The smallest absolute Gasteiger partial charge is 0.236 e. The van der Waals surface area contributed by atoms with E-state index < -0.39 is 0 Å². The number of rotatable bonds is 5. The Morgan fingerprint density at radius 1 is 1.08 bits per heavy atom. The highest BCUT2D eigenvalue weighted by atomic mass is 35.5. The molecule has 0 radical (unpaired) electrons. The molecular formula is C20H22ClFN2OS. The average molecular weight is 393 g/mol. The van der Waals surface area contributed by atoms with Crippen LogP contribution < -0.4 is 4.90 Å². The van der Waals surface area contributed by atoms with Crippen molar-refractivity contribution >= 4 is 35.0 Å². The SMILES string of the molecule is CC[C@@H](Sc1ccc(Cl)cc1)C(=O)N1CCN(c2ccc(F)cc2)CC1. The second kappa shape index (κ2) is 8.78. The number of anilines is 1. The molecule has 0 aliphatic carbocycles. The molecule has 0 aromatic heterocycles. The molecule has 26 heavy (non-hydrogen) atoms. The van der Waals surface area contributed by atoms with Gasteiger partial charge in [-0.15, -0.1) is 11.8 Å². The summed E-state index contributed by atoms with van der Waals surface area (Å²) in [5.74, 6) is -0.0428. The normalized spacial score (nSPS) is 15.8. The fourth-order valence-electron chi connectivity index (χ4n) is 3.03. The van der Waals surface area contributed by atoms with Crippen LogP contribution in [-0.2, 0) is 4.79 Å². The van der Waals surface area contributed by atoms with Gasteiger partial charge in [0.2, 0.25) is 5.91 Å². The Balaban J connectivity index is 1.57. The van der Waals surface area contributed by atoms with E-state index in [4.69, 9.17) is 11.6 Å². The molecule has 0 unspecified atom stereocenters. The van der Waals surface area contributed by atoms with Crippen molar-refractivity contribution in [3.05, 3.63) is 59.4 Å². The van der Waals surface area contributed by atoms with E-state index in [9.17, 15) is 9.18 Å². The van der Waals surface area contributed by atoms with Gasteiger partial charge in [-0.25, -0.2) is 4.39 Å². The van der Waals surface area contributed by atoms with E-state index in [1.54, 1.807) is 23.9 Å². The molecule has 0 spiro atoms. The van der Waals surface area contributed by atoms with Crippen LogP contribution in [0.1, 0.15) is 13.3 Å². The molecule has 6 heteroatoms. The van der Waals surface area contributed by atoms with Crippen molar-refractivity contribution < 1.29 is 9.18 Å². The quantitative estimate of drug-likeness (QED) is 0.689. The number of hydrogen-bond acceptors (Lipinski definition) is 3. The van der Waals surface area contributed by atoms with Gasteiger partial charge < -0.3 is 9.80 Å². The van der Waals surface area contributed by atoms with Gasteiger partial charge in [0.1, 0.15) is 5.82 Å². The molecule has 0 N–H and O–H groups in total. The third-order valence-electron chi connectivity index (χ3n) is 4.52. The average Bonchev–Trinajstić information content (AvgIpc) is 2.68. The van der Waals surface area contributed by atoms with E-state index in [1.165, 1.54) is 12.1 Å². The lowest BCUT2D eigenvalue weighted by molar-refractivity contribution is -0.130. The molecule has 1 fully saturated rings. The maximum Gasteiger partial charge on any atom is 0.236 e. The monoisotopic (exact) mass is 392 g/mol. The molecule has 1 heterocycles. The molecule has 138 valence electrons. The van der Waals surface area contributed by atoms with Gasteiger partial charge in [-0.2, -0.15) is 0 Å². The van der Waals surface area contributed by atoms with Gasteiger partial charge in [-0.3, -0.25) is 4.79 Å². The minimum absolute atomic E-state index is 0.0893. The summed E-state index contributed by atoms with van der Waals surface area (Å²) in [5.41, 5.74) is 1.00. The Morgan fingerprint density at radius 2 is 1.69 bits per heavy atom. The summed E-state index contributed by atoms with van der Waals surface area (Å²) < 4.78 is 13.1. The van der Waals surface area contributed by atoms with Crippen LogP contribution in [-0.4, -0.2) is 42.2 Å². The summed E-state index contributed by atoms with van der Waals surface area (Å²) in [4.78, 5) is 18.1. The fourth-order valence-corrected chi connectivity index (χ4v) is 4.19. The molecule has 3 rings (SSSR count). The highest BCUT2D eigenvalue weighted by molar-refractivity contribution is 8.00. The second-order valence-electron chi connectivity index (χ2n) is 6.26. The van der Waals surface area contributed by atoms with Crippen molar-refractivity contribution in [1.29, 1.82) is 0 Å². The first-order valence-corrected chi connectivity index (χ1v) is 10.0. The van der Waals surface area contributed by atoms with Crippen LogP contribution in [0.2, 0.25) is 5.02 Å². The first-order valence-electron chi connectivity index (χ1n) is 8.78. The predicted octanol–water partition coefficient (Wildman–Crippen LogP) is 4.70. The maximum atomic E-state index is 13.1. The van der Waals surface area contributed by atoms with Crippen molar-refractivity contribution in [3.8, 4) is 0 Å².